The Morgan fingerprint density at radius 3 is 1.88 bits per heavy atom. The van der Waals surface area contributed by atoms with Crippen molar-refractivity contribution in [2.24, 2.45) is 0 Å². The number of benzene rings is 2. The van der Waals surface area contributed by atoms with E-state index in [0.717, 1.165) is 31.5 Å². The van der Waals surface area contributed by atoms with Crippen LogP contribution in [0.5, 0.6) is 0 Å². The number of aliphatic hydroxyl groups is 2. The van der Waals surface area contributed by atoms with E-state index in [1.165, 1.54) is 11.1 Å². The van der Waals surface area contributed by atoms with Crippen molar-refractivity contribution in [1.82, 2.24) is 4.90 Å². The van der Waals surface area contributed by atoms with E-state index >= 15 is 0 Å². The second-order valence-electron chi connectivity index (χ2n) is 6.69. The van der Waals surface area contributed by atoms with Crippen LogP contribution in [0.25, 0.3) is 0 Å². The van der Waals surface area contributed by atoms with Crippen LogP contribution in [0.1, 0.15) is 37.3 Å². The van der Waals surface area contributed by atoms with Gasteiger partial charge in [-0.1, -0.05) is 80.1 Å². The first-order valence-electron chi connectivity index (χ1n) is 9.50. The second-order valence-corrected chi connectivity index (χ2v) is 6.69. The summed E-state index contributed by atoms with van der Waals surface area (Å²) in [5, 5.41) is 19.3. The first kappa shape index (κ1) is 20.4. The zero-order valence-electron chi connectivity index (χ0n) is 15.7. The summed E-state index contributed by atoms with van der Waals surface area (Å²) in [5.74, 6) is 0. The Morgan fingerprint density at radius 1 is 0.923 bits per heavy atom. The molecule has 2 aromatic carbocycles. The molecule has 0 aromatic heterocycles. The fourth-order valence-corrected chi connectivity index (χ4v) is 3.24. The molecule has 0 radical (unpaired) electrons. The maximum atomic E-state index is 9.69. The van der Waals surface area contributed by atoms with Gasteiger partial charge in [-0.3, -0.25) is 4.90 Å². The Hall–Kier alpha value is -1.94. The number of nitrogens with zero attached hydrogens (tertiary/aromatic N) is 1. The van der Waals surface area contributed by atoms with E-state index in [1.54, 1.807) is 0 Å². The molecule has 0 saturated carbocycles. The summed E-state index contributed by atoms with van der Waals surface area (Å²) in [4.78, 5) is 2.38. The predicted octanol–water partition coefficient (Wildman–Crippen LogP) is 4.16. The Balaban J connectivity index is 2.27. The Labute approximate surface area is 157 Å². The number of rotatable bonds is 11. The number of hydrogen-bond donors (Lipinski definition) is 2. The molecular formula is C23H31NO2. The summed E-state index contributed by atoms with van der Waals surface area (Å²) in [6.07, 6.45) is 4.72. The molecule has 2 N–H and O–H groups in total. The maximum absolute atomic E-state index is 9.69. The molecule has 26 heavy (non-hydrogen) atoms. The molecule has 140 valence electrons. The molecule has 0 heterocycles. The van der Waals surface area contributed by atoms with Gasteiger partial charge in [0.2, 0.25) is 0 Å². The van der Waals surface area contributed by atoms with Crippen LogP contribution in [-0.2, 0) is 13.1 Å². The minimum absolute atomic E-state index is 0.0836. The molecule has 2 rings (SSSR count). The molecule has 2 aromatic rings. The molecular weight excluding hydrogens is 322 g/mol. The van der Waals surface area contributed by atoms with E-state index in [0.29, 0.717) is 6.42 Å². The highest BCUT2D eigenvalue weighted by Crippen LogP contribution is 2.19. The monoisotopic (exact) mass is 353 g/mol. The third-order valence-electron chi connectivity index (χ3n) is 4.55. The maximum Gasteiger partial charge on any atom is 0.0642 e. The summed E-state index contributed by atoms with van der Waals surface area (Å²) >= 11 is 0. The van der Waals surface area contributed by atoms with E-state index in [2.05, 4.69) is 66.4 Å². The molecule has 0 unspecified atom stereocenters. The van der Waals surface area contributed by atoms with Gasteiger partial charge in [-0.15, -0.1) is 0 Å². The van der Waals surface area contributed by atoms with Crippen molar-refractivity contribution in [2.45, 2.75) is 45.3 Å². The van der Waals surface area contributed by atoms with E-state index in [4.69, 9.17) is 0 Å². The van der Waals surface area contributed by atoms with Crippen LogP contribution in [0.15, 0.2) is 72.3 Å². The van der Waals surface area contributed by atoms with E-state index in [-0.39, 0.29) is 19.3 Å². The highest BCUT2D eigenvalue weighted by Gasteiger charge is 2.18. The first-order chi connectivity index (χ1) is 12.8. The molecule has 0 aliphatic rings. The molecule has 0 fully saturated rings. The lowest BCUT2D eigenvalue weighted by Crippen LogP contribution is -2.34. The summed E-state index contributed by atoms with van der Waals surface area (Å²) in [6.45, 7) is 3.95. The highest BCUT2D eigenvalue weighted by atomic mass is 16.3. The minimum atomic E-state index is 0.0836. The molecule has 0 aliphatic carbocycles. The van der Waals surface area contributed by atoms with Gasteiger partial charge in [-0.25, -0.2) is 0 Å². The van der Waals surface area contributed by atoms with E-state index in [1.807, 2.05) is 12.1 Å². The van der Waals surface area contributed by atoms with E-state index in [9.17, 15) is 10.2 Å². The minimum Gasteiger partial charge on any atom is -0.396 e. The van der Waals surface area contributed by atoms with Gasteiger partial charge in [-0.05, 0) is 29.5 Å². The van der Waals surface area contributed by atoms with Crippen molar-refractivity contribution < 1.29 is 10.2 Å². The molecule has 0 spiro atoms. The molecule has 0 amide bonds. The van der Waals surface area contributed by atoms with Crippen LogP contribution in [-0.4, -0.2) is 34.4 Å². The summed E-state index contributed by atoms with van der Waals surface area (Å²) < 4.78 is 0. The van der Waals surface area contributed by atoms with Crippen molar-refractivity contribution in [3.05, 3.63) is 83.4 Å². The average Bonchev–Trinajstić information content (AvgIpc) is 2.68. The fourth-order valence-electron chi connectivity index (χ4n) is 3.24. The average molecular weight is 354 g/mol. The number of hydrogen-bond acceptors (Lipinski definition) is 3. The van der Waals surface area contributed by atoms with Gasteiger partial charge < -0.3 is 10.2 Å². The number of aliphatic hydroxyl groups excluding tert-OH is 2. The van der Waals surface area contributed by atoms with Crippen LogP contribution in [0, 0.1) is 0 Å². The van der Waals surface area contributed by atoms with Crippen LogP contribution in [0.4, 0.5) is 0 Å². The van der Waals surface area contributed by atoms with Gasteiger partial charge in [0.05, 0.1) is 6.61 Å². The van der Waals surface area contributed by atoms with Crippen LogP contribution < -0.4 is 0 Å². The molecule has 0 bridgehead atoms. The Kier molecular flexibility index (Phi) is 9.11. The summed E-state index contributed by atoms with van der Waals surface area (Å²) in [7, 11) is 0. The third kappa shape index (κ3) is 6.75. The zero-order valence-corrected chi connectivity index (χ0v) is 15.7. The van der Waals surface area contributed by atoms with Gasteiger partial charge in [0.1, 0.15) is 0 Å². The van der Waals surface area contributed by atoms with Crippen LogP contribution in [0.3, 0.4) is 0 Å². The van der Waals surface area contributed by atoms with Gasteiger partial charge in [0.15, 0.2) is 0 Å². The van der Waals surface area contributed by atoms with Crippen molar-refractivity contribution in [1.29, 1.82) is 0 Å². The predicted molar refractivity (Wildman–Crippen MR) is 108 cm³/mol. The van der Waals surface area contributed by atoms with Crippen LogP contribution >= 0.6 is 0 Å². The van der Waals surface area contributed by atoms with Crippen molar-refractivity contribution in [3.63, 3.8) is 0 Å². The largest absolute Gasteiger partial charge is 0.396 e. The third-order valence-corrected chi connectivity index (χ3v) is 4.55. The Morgan fingerprint density at radius 2 is 1.46 bits per heavy atom. The zero-order chi connectivity index (χ0) is 18.6. The lowest BCUT2D eigenvalue weighted by atomic mass is 10.0. The smallest absolute Gasteiger partial charge is 0.0642 e. The SMILES string of the molecule is CCC/C(=C/[C@H](CCO)N(Cc1ccccc1)Cc1ccccc1)CO. The van der Waals surface area contributed by atoms with Gasteiger partial charge >= 0.3 is 0 Å². The van der Waals surface area contributed by atoms with E-state index < -0.39 is 0 Å². The molecule has 3 nitrogen and oxygen atoms in total. The Bertz CT molecular complexity index is 598. The van der Waals surface area contributed by atoms with Crippen LogP contribution in [0.2, 0.25) is 0 Å². The first-order valence-corrected chi connectivity index (χ1v) is 9.50. The van der Waals surface area contributed by atoms with Gasteiger partial charge in [0, 0.05) is 25.7 Å². The quantitative estimate of drug-likeness (QED) is 0.596. The van der Waals surface area contributed by atoms with Gasteiger partial charge in [0.25, 0.3) is 0 Å². The summed E-state index contributed by atoms with van der Waals surface area (Å²) in [5.41, 5.74) is 3.55. The molecule has 0 saturated heterocycles. The van der Waals surface area contributed by atoms with Gasteiger partial charge in [-0.2, -0.15) is 0 Å². The second kappa shape index (κ2) is 11.6. The topological polar surface area (TPSA) is 43.7 Å². The summed E-state index contributed by atoms with van der Waals surface area (Å²) in [6, 6.07) is 20.9. The normalized spacial score (nSPS) is 13.2. The molecule has 1 atom stereocenters. The highest BCUT2D eigenvalue weighted by molar-refractivity contribution is 5.18. The van der Waals surface area contributed by atoms with Crippen molar-refractivity contribution >= 4 is 0 Å². The molecule has 3 heteroatoms. The standard InChI is InChI=1S/C23H31NO2/c1-2-9-22(19-26)16-23(14-15-25)24(17-20-10-5-3-6-11-20)18-21-12-7-4-8-13-21/h3-8,10-13,16,23,25-26H,2,9,14-15,17-19H2,1H3/b22-16-/t23-/m0/s1. The lowest BCUT2D eigenvalue weighted by Gasteiger charge is -2.30. The van der Waals surface area contributed by atoms with Crippen molar-refractivity contribution in [2.75, 3.05) is 13.2 Å². The van der Waals surface area contributed by atoms with Crippen molar-refractivity contribution in [3.8, 4) is 0 Å². The fraction of sp³-hybridized carbons (Fsp3) is 0.391. The molecule has 0 aliphatic heterocycles. The lowest BCUT2D eigenvalue weighted by molar-refractivity contribution is 0.169.